The van der Waals surface area contributed by atoms with Crippen molar-refractivity contribution in [3.8, 4) is 0 Å². The van der Waals surface area contributed by atoms with Gasteiger partial charge >= 0.3 is 0 Å². The highest BCUT2D eigenvalue weighted by molar-refractivity contribution is 5.76. The maximum Gasteiger partial charge on any atom is 0.220 e. The number of hydrogen-bond donors (Lipinski definition) is 2. The second-order valence-electron chi connectivity index (χ2n) is 4.73. The van der Waals surface area contributed by atoms with Crippen LogP contribution in [0.2, 0.25) is 0 Å². The third-order valence-electron chi connectivity index (χ3n) is 2.89. The monoisotopic (exact) mass is 252 g/mol. The molecule has 0 bridgehead atoms. The minimum Gasteiger partial charge on any atom is -0.356 e. The van der Waals surface area contributed by atoms with Crippen molar-refractivity contribution in [2.45, 2.75) is 26.7 Å². The number of aryl methyl sites for hydroxylation is 1. The van der Waals surface area contributed by atoms with Crippen LogP contribution in [0.3, 0.4) is 0 Å². The number of amides is 1. The van der Waals surface area contributed by atoms with Gasteiger partial charge in [-0.2, -0.15) is 0 Å². The van der Waals surface area contributed by atoms with E-state index in [1.54, 1.807) is 13.0 Å². The van der Waals surface area contributed by atoms with Gasteiger partial charge in [0, 0.05) is 13.0 Å². The SMILES string of the molecule is Cc1cc(CCNC(=O)CC(C)CN)ccc1F. The molecule has 0 aliphatic heterocycles. The van der Waals surface area contributed by atoms with Crippen LogP contribution >= 0.6 is 0 Å². The fourth-order valence-corrected chi connectivity index (χ4v) is 1.68. The molecule has 18 heavy (non-hydrogen) atoms. The van der Waals surface area contributed by atoms with Gasteiger partial charge in [0.05, 0.1) is 0 Å². The molecule has 0 aromatic heterocycles. The second-order valence-corrected chi connectivity index (χ2v) is 4.73. The molecule has 0 heterocycles. The van der Waals surface area contributed by atoms with Crippen LogP contribution in [0.4, 0.5) is 4.39 Å². The summed E-state index contributed by atoms with van der Waals surface area (Å²) in [6, 6.07) is 5.02. The summed E-state index contributed by atoms with van der Waals surface area (Å²) in [5, 5.41) is 2.84. The maximum absolute atomic E-state index is 13.0. The van der Waals surface area contributed by atoms with Crippen molar-refractivity contribution in [3.63, 3.8) is 0 Å². The highest BCUT2D eigenvalue weighted by Crippen LogP contribution is 2.09. The number of carbonyl (C=O) groups excluding carboxylic acids is 1. The molecule has 100 valence electrons. The normalized spacial score (nSPS) is 12.2. The lowest BCUT2D eigenvalue weighted by Crippen LogP contribution is -2.28. The zero-order valence-electron chi connectivity index (χ0n) is 11.0. The average molecular weight is 252 g/mol. The Morgan fingerprint density at radius 2 is 2.22 bits per heavy atom. The molecule has 0 saturated heterocycles. The van der Waals surface area contributed by atoms with Crippen LogP contribution in [0.25, 0.3) is 0 Å². The molecule has 1 amide bonds. The Morgan fingerprint density at radius 1 is 1.50 bits per heavy atom. The van der Waals surface area contributed by atoms with Crippen LogP contribution < -0.4 is 11.1 Å². The van der Waals surface area contributed by atoms with Gasteiger partial charge in [-0.15, -0.1) is 0 Å². The van der Waals surface area contributed by atoms with Crippen LogP contribution in [-0.4, -0.2) is 19.0 Å². The Morgan fingerprint density at radius 3 is 2.83 bits per heavy atom. The van der Waals surface area contributed by atoms with E-state index in [2.05, 4.69) is 5.32 Å². The first kappa shape index (κ1) is 14.6. The molecule has 1 aromatic rings. The fraction of sp³-hybridized carbons (Fsp3) is 0.500. The van der Waals surface area contributed by atoms with Crippen molar-refractivity contribution in [2.75, 3.05) is 13.1 Å². The zero-order valence-corrected chi connectivity index (χ0v) is 11.0. The van der Waals surface area contributed by atoms with E-state index in [9.17, 15) is 9.18 Å². The zero-order chi connectivity index (χ0) is 13.5. The van der Waals surface area contributed by atoms with Gasteiger partial charge in [0.25, 0.3) is 0 Å². The quantitative estimate of drug-likeness (QED) is 0.811. The summed E-state index contributed by atoms with van der Waals surface area (Å²) in [6.45, 7) is 4.77. The maximum atomic E-state index is 13.0. The highest BCUT2D eigenvalue weighted by atomic mass is 19.1. The molecule has 0 aliphatic rings. The predicted molar refractivity (Wildman–Crippen MR) is 70.7 cm³/mol. The Balaban J connectivity index is 2.33. The Kier molecular flexibility index (Phi) is 5.78. The summed E-state index contributed by atoms with van der Waals surface area (Å²) >= 11 is 0. The molecule has 4 heteroatoms. The van der Waals surface area contributed by atoms with E-state index in [-0.39, 0.29) is 17.6 Å². The summed E-state index contributed by atoms with van der Waals surface area (Å²) < 4.78 is 13.0. The number of nitrogens with one attached hydrogen (secondary N) is 1. The van der Waals surface area contributed by atoms with Gasteiger partial charge in [-0.05, 0) is 43.0 Å². The second kappa shape index (κ2) is 7.11. The molecule has 3 N–H and O–H groups in total. The number of rotatable bonds is 6. The van der Waals surface area contributed by atoms with Crippen molar-refractivity contribution in [3.05, 3.63) is 35.1 Å². The summed E-state index contributed by atoms with van der Waals surface area (Å²) in [7, 11) is 0. The van der Waals surface area contributed by atoms with Crippen molar-refractivity contribution in [2.24, 2.45) is 11.7 Å². The Hall–Kier alpha value is -1.42. The third kappa shape index (κ3) is 4.84. The van der Waals surface area contributed by atoms with Gasteiger partial charge in [-0.25, -0.2) is 4.39 Å². The van der Waals surface area contributed by atoms with E-state index in [4.69, 9.17) is 5.73 Å². The van der Waals surface area contributed by atoms with E-state index in [0.29, 0.717) is 31.5 Å². The summed E-state index contributed by atoms with van der Waals surface area (Å²) in [5.74, 6) is 0.0319. The van der Waals surface area contributed by atoms with E-state index in [1.807, 2.05) is 13.0 Å². The van der Waals surface area contributed by atoms with Crippen molar-refractivity contribution in [1.82, 2.24) is 5.32 Å². The minimum absolute atomic E-state index is 0.0202. The standard InChI is InChI=1S/C14H21FN2O/c1-10(9-16)7-14(18)17-6-5-12-3-4-13(15)11(2)8-12/h3-4,8,10H,5-7,9,16H2,1-2H3,(H,17,18). The molecular weight excluding hydrogens is 231 g/mol. The molecule has 0 fully saturated rings. The average Bonchev–Trinajstić information content (AvgIpc) is 2.33. The highest BCUT2D eigenvalue weighted by Gasteiger charge is 2.06. The summed E-state index contributed by atoms with van der Waals surface area (Å²) in [5.41, 5.74) is 7.12. The molecule has 0 saturated carbocycles. The lowest BCUT2D eigenvalue weighted by molar-refractivity contribution is -0.121. The minimum atomic E-state index is -0.195. The van der Waals surface area contributed by atoms with Crippen molar-refractivity contribution < 1.29 is 9.18 Å². The van der Waals surface area contributed by atoms with Gasteiger partial charge in [-0.1, -0.05) is 19.1 Å². The van der Waals surface area contributed by atoms with Crippen LogP contribution in [0.5, 0.6) is 0 Å². The molecular formula is C14H21FN2O. The first-order valence-electron chi connectivity index (χ1n) is 6.24. The van der Waals surface area contributed by atoms with E-state index in [0.717, 1.165) is 5.56 Å². The van der Waals surface area contributed by atoms with E-state index in [1.165, 1.54) is 6.07 Å². The van der Waals surface area contributed by atoms with E-state index < -0.39 is 0 Å². The molecule has 3 nitrogen and oxygen atoms in total. The molecule has 1 atom stereocenters. The summed E-state index contributed by atoms with van der Waals surface area (Å²) in [4.78, 5) is 11.5. The molecule has 1 aromatic carbocycles. The number of nitrogens with two attached hydrogens (primary N) is 1. The van der Waals surface area contributed by atoms with Gasteiger partial charge in [0.2, 0.25) is 5.91 Å². The van der Waals surface area contributed by atoms with Crippen LogP contribution in [0.1, 0.15) is 24.5 Å². The fourth-order valence-electron chi connectivity index (χ4n) is 1.68. The molecule has 1 unspecified atom stereocenters. The van der Waals surface area contributed by atoms with Crippen molar-refractivity contribution >= 4 is 5.91 Å². The number of halogens is 1. The topological polar surface area (TPSA) is 55.1 Å². The van der Waals surface area contributed by atoms with Gasteiger partial charge < -0.3 is 11.1 Å². The largest absolute Gasteiger partial charge is 0.356 e. The Bertz CT molecular complexity index is 407. The van der Waals surface area contributed by atoms with Crippen LogP contribution in [0, 0.1) is 18.7 Å². The first-order valence-corrected chi connectivity index (χ1v) is 6.24. The lowest BCUT2D eigenvalue weighted by Gasteiger charge is -2.09. The molecule has 0 aliphatic carbocycles. The van der Waals surface area contributed by atoms with Crippen LogP contribution in [-0.2, 0) is 11.2 Å². The first-order chi connectivity index (χ1) is 8.52. The predicted octanol–water partition coefficient (Wildman–Crippen LogP) is 1.78. The number of benzene rings is 1. The summed E-state index contributed by atoms with van der Waals surface area (Å²) in [6.07, 6.45) is 1.17. The van der Waals surface area contributed by atoms with Crippen LogP contribution in [0.15, 0.2) is 18.2 Å². The molecule has 1 rings (SSSR count). The number of carbonyl (C=O) groups is 1. The molecule has 0 radical (unpaired) electrons. The van der Waals surface area contributed by atoms with Gasteiger partial charge in [0.1, 0.15) is 5.82 Å². The Labute approximate surface area is 108 Å². The van der Waals surface area contributed by atoms with Gasteiger partial charge in [-0.3, -0.25) is 4.79 Å². The molecule has 0 spiro atoms. The third-order valence-corrected chi connectivity index (χ3v) is 2.89. The smallest absolute Gasteiger partial charge is 0.220 e. The number of hydrogen-bond acceptors (Lipinski definition) is 2. The van der Waals surface area contributed by atoms with E-state index >= 15 is 0 Å². The van der Waals surface area contributed by atoms with Gasteiger partial charge in [0.15, 0.2) is 0 Å². The lowest BCUT2D eigenvalue weighted by atomic mass is 10.1. The van der Waals surface area contributed by atoms with Crippen molar-refractivity contribution in [1.29, 1.82) is 0 Å².